The monoisotopic (exact) mass is 372 g/mol. The Morgan fingerprint density at radius 2 is 1.89 bits per heavy atom. The molecule has 4 rings (SSSR count). The number of ether oxygens (including phenoxy) is 2. The number of hydrogen-bond donors (Lipinski definition) is 0. The summed E-state index contributed by atoms with van der Waals surface area (Å²) in [4.78, 5) is 24.7. The van der Waals surface area contributed by atoms with Gasteiger partial charge in [-0.3, -0.25) is 4.79 Å². The zero-order valence-corrected chi connectivity index (χ0v) is 15.0. The van der Waals surface area contributed by atoms with Crippen molar-refractivity contribution < 1.29 is 23.5 Å². The minimum atomic E-state index is -0.616. The largest absolute Gasteiger partial charge is 0.457 e. The number of Topliss-reactive ketones (excluding diaryl/α,β-unsaturated/α-hetero) is 1. The maximum Gasteiger partial charge on any atom is 0.379 e. The van der Waals surface area contributed by atoms with E-state index in [1.54, 1.807) is 31.2 Å². The van der Waals surface area contributed by atoms with Gasteiger partial charge in [-0.1, -0.05) is 42.5 Å². The molecule has 1 aliphatic heterocycles. The second-order valence-electron chi connectivity index (χ2n) is 6.21. The van der Waals surface area contributed by atoms with Crippen molar-refractivity contribution in [3.05, 3.63) is 101 Å². The number of carbonyl (C=O) groups is 2. The number of furan rings is 1. The van der Waals surface area contributed by atoms with Crippen LogP contribution in [-0.2, 0) is 0 Å². The molecule has 0 amide bonds. The Bertz CT molecular complexity index is 1090. The molecule has 0 aliphatic carbocycles. The minimum absolute atomic E-state index is 0.0989. The molecule has 5 nitrogen and oxygen atoms in total. The van der Waals surface area contributed by atoms with Crippen LogP contribution in [0.3, 0.4) is 0 Å². The third-order valence-electron chi connectivity index (χ3n) is 4.21. The number of fused-ring (bicyclic) bond motifs is 1. The van der Waals surface area contributed by atoms with Crippen molar-refractivity contribution in [3.63, 3.8) is 0 Å². The van der Waals surface area contributed by atoms with E-state index in [1.807, 2.05) is 36.4 Å². The first-order valence-electron chi connectivity index (χ1n) is 8.68. The molecule has 2 aromatic carbocycles. The summed E-state index contributed by atoms with van der Waals surface area (Å²) in [5.74, 6) is 0.157. The topological polar surface area (TPSA) is 65.7 Å². The van der Waals surface area contributed by atoms with E-state index in [4.69, 9.17) is 13.9 Å². The Morgan fingerprint density at radius 3 is 2.64 bits per heavy atom. The smallest absolute Gasteiger partial charge is 0.379 e. The standard InChI is InChI=1S/C23H16O5/c1-15-13-17(27-23(25)19-11-6-12-26-19)14-20-21(15)22(24)18(28-20)10-5-9-16-7-3-2-4-8-16/h2-14H,1H3/b9-5+,18-10-. The molecule has 0 saturated carbocycles. The van der Waals surface area contributed by atoms with Crippen molar-refractivity contribution in [2.45, 2.75) is 6.92 Å². The third-order valence-corrected chi connectivity index (χ3v) is 4.21. The van der Waals surface area contributed by atoms with Gasteiger partial charge in [-0.05, 0) is 42.3 Å². The van der Waals surface area contributed by atoms with Crippen molar-refractivity contribution in [1.29, 1.82) is 0 Å². The van der Waals surface area contributed by atoms with E-state index in [-0.39, 0.29) is 23.1 Å². The van der Waals surface area contributed by atoms with Crippen LogP contribution >= 0.6 is 0 Å². The molecule has 138 valence electrons. The van der Waals surface area contributed by atoms with Crippen molar-refractivity contribution in [2.24, 2.45) is 0 Å². The van der Waals surface area contributed by atoms with Crippen molar-refractivity contribution >= 4 is 17.8 Å². The van der Waals surface area contributed by atoms with E-state index < -0.39 is 5.97 Å². The number of carbonyl (C=O) groups excluding carboxylic acids is 2. The highest BCUT2D eigenvalue weighted by molar-refractivity contribution is 6.13. The van der Waals surface area contributed by atoms with E-state index in [9.17, 15) is 9.59 Å². The number of hydrogen-bond acceptors (Lipinski definition) is 5. The lowest BCUT2D eigenvalue weighted by Gasteiger charge is -2.06. The predicted molar refractivity (Wildman–Crippen MR) is 103 cm³/mol. The van der Waals surface area contributed by atoms with E-state index in [0.717, 1.165) is 5.56 Å². The van der Waals surface area contributed by atoms with Crippen LogP contribution < -0.4 is 9.47 Å². The Kier molecular flexibility index (Phi) is 4.64. The van der Waals surface area contributed by atoms with Gasteiger partial charge in [-0.2, -0.15) is 0 Å². The highest BCUT2D eigenvalue weighted by Gasteiger charge is 2.30. The Balaban J connectivity index is 1.55. The summed E-state index contributed by atoms with van der Waals surface area (Å²) >= 11 is 0. The molecule has 0 N–H and O–H groups in total. The first-order chi connectivity index (χ1) is 13.6. The van der Waals surface area contributed by atoms with E-state index in [2.05, 4.69) is 0 Å². The lowest BCUT2D eigenvalue weighted by molar-refractivity contribution is 0.0701. The van der Waals surface area contributed by atoms with Gasteiger partial charge in [0.05, 0.1) is 11.8 Å². The lowest BCUT2D eigenvalue weighted by Crippen LogP contribution is -2.07. The van der Waals surface area contributed by atoms with Crippen molar-refractivity contribution in [2.75, 3.05) is 0 Å². The zero-order valence-electron chi connectivity index (χ0n) is 15.0. The molecule has 0 bridgehead atoms. The Hall–Kier alpha value is -3.86. The SMILES string of the molecule is Cc1cc(OC(=O)c2ccco2)cc2c1C(=O)/C(=C/C=C/c1ccccc1)O2. The minimum Gasteiger partial charge on any atom is -0.457 e. The normalized spacial score (nSPS) is 14.3. The number of esters is 1. The molecule has 0 fully saturated rings. The van der Waals surface area contributed by atoms with Crippen LogP contribution in [0.4, 0.5) is 0 Å². The lowest BCUT2D eigenvalue weighted by atomic mass is 10.0. The summed E-state index contributed by atoms with van der Waals surface area (Å²) in [5, 5.41) is 0. The van der Waals surface area contributed by atoms with Gasteiger partial charge in [-0.25, -0.2) is 4.79 Å². The molecule has 3 aromatic rings. The number of benzene rings is 2. The molecule has 28 heavy (non-hydrogen) atoms. The van der Waals surface area contributed by atoms with E-state index in [0.29, 0.717) is 16.9 Å². The van der Waals surface area contributed by atoms with Crippen molar-refractivity contribution in [3.8, 4) is 11.5 Å². The van der Waals surface area contributed by atoms with Gasteiger partial charge in [-0.15, -0.1) is 0 Å². The summed E-state index contributed by atoms with van der Waals surface area (Å²) in [6.07, 6.45) is 6.67. The summed E-state index contributed by atoms with van der Waals surface area (Å²) in [5.41, 5.74) is 2.16. The highest BCUT2D eigenvalue weighted by atomic mass is 16.5. The fraction of sp³-hybridized carbons (Fsp3) is 0.0435. The van der Waals surface area contributed by atoms with Crippen molar-refractivity contribution in [1.82, 2.24) is 0 Å². The Morgan fingerprint density at radius 1 is 1.07 bits per heavy atom. The fourth-order valence-corrected chi connectivity index (χ4v) is 2.91. The van der Waals surface area contributed by atoms with E-state index in [1.165, 1.54) is 18.4 Å². The second-order valence-corrected chi connectivity index (χ2v) is 6.21. The van der Waals surface area contributed by atoms with Gasteiger partial charge >= 0.3 is 5.97 Å². The molecule has 1 aliphatic rings. The quantitative estimate of drug-likeness (QED) is 0.367. The summed E-state index contributed by atoms with van der Waals surface area (Å²) < 4.78 is 16.0. The molecule has 0 atom stereocenters. The Labute approximate surface area is 161 Å². The van der Waals surface area contributed by atoms with Crippen LogP contribution in [-0.4, -0.2) is 11.8 Å². The molecule has 0 radical (unpaired) electrons. The molecule has 0 unspecified atom stereocenters. The molecule has 5 heteroatoms. The van der Waals surface area contributed by atoms with Crippen LogP contribution in [0.25, 0.3) is 6.08 Å². The average Bonchev–Trinajstić information content (AvgIpc) is 3.32. The predicted octanol–water partition coefficient (Wildman–Crippen LogP) is 4.98. The van der Waals surface area contributed by atoms with Crippen LogP contribution in [0.2, 0.25) is 0 Å². The molecule has 0 saturated heterocycles. The second kappa shape index (κ2) is 7.40. The maximum absolute atomic E-state index is 12.6. The van der Waals surface area contributed by atoms with E-state index >= 15 is 0 Å². The highest BCUT2D eigenvalue weighted by Crippen LogP contribution is 2.37. The zero-order chi connectivity index (χ0) is 19.5. The fourth-order valence-electron chi connectivity index (χ4n) is 2.91. The molecular weight excluding hydrogens is 356 g/mol. The third kappa shape index (κ3) is 3.50. The average molecular weight is 372 g/mol. The van der Waals surface area contributed by atoms with Crippen LogP contribution in [0.15, 0.2) is 83.2 Å². The van der Waals surface area contributed by atoms with Gasteiger partial charge in [0.25, 0.3) is 0 Å². The van der Waals surface area contributed by atoms with Gasteiger partial charge in [0, 0.05) is 6.07 Å². The van der Waals surface area contributed by atoms with Crippen LogP contribution in [0.5, 0.6) is 11.5 Å². The molecule has 2 heterocycles. The number of allylic oxidation sites excluding steroid dienone is 3. The molecule has 1 aromatic heterocycles. The molecular formula is C23H16O5. The maximum atomic E-state index is 12.6. The summed E-state index contributed by atoms with van der Waals surface area (Å²) in [6.45, 7) is 1.77. The van der Waals surface area contributed by atoms with Gasteiger partial charge in [0.15, 0.2) is 5.76 Å². The summed E-state index contributed by atoms with van der Waals surface area (Å²) in [7, 11) is 0. The van der Waals surface area contributed by atoms with Gasteiger partial charge in [0.2, 0.25) is 11.5 Å². The molecule has 0 spiro atoms. The number of ketones is 1. The van der Waals surface area contributed by atoms with Gasteiger partial charge < -0.3 is 13.9 Å². The first kappa shape index (κ1) is 17.5. The summed E-state index contributed by atoms with van der Waals surface area (Å²) in [6, 6.07) is 16.0. The number of aryl methyl sites for hydroxylation is 1. The first-order valence-corrected chi connectivity index (χ1v) is 8.68. The van der Waals surface area contributed by atoms with Crippen LogP contribution in [0, 0.1) is 6.92 Å². The van der Waals surface area contributed by atoms with Gasteiger partial charge in [0.1, 0.15) is 11.5 Å². The number of rotatable bonds is 4. The van der Waals surface area contributed by atoms with Crippen LogP contribution in [0.1, 0.15) is 32.0 Å².